The average Bonchev–Trinajstić information content (AvgIpc) is 2.77. The molecule has 31 heavy (non-hydrogen) atoms. The van der Waals surface area contributed by atoms with Gasteiger partial charge in [-0.05, 0) is 49.6 Å². The van der Waals surface area contributed by atoms with E-state index in [0.29, 0.717) is 17.8 Å². The van der Waals surface area contributed by atoms with Gasteiger partial charge >= 0.3 is 0 Å². The normalized spacial score (nSPS) is 13.0. The van der Waals surface area contributed by atoms with Crippen LogP contribution in [0.5, 0.6) is 0 Å². The summed E-state index contributed by atoms with van der Waals surface area (Å²) in [6.45, 7) is 3.99. The van der Waals surface area contributed by atoms with Crippen molar-refractivity contribution in [3.05, 3.63) is 66.4 Å². The molecule has 1 aliphatic rings. The molecule has 0 atom stereocenters. The molecule has 5 nitrogen and oxygen atoms in total. The van der Waals surface area contributed by atoms with Gasteiger partial charge in [-0.15, -0.1) is 4.28 Å². The largest absolute Gasteiger partial charge is 0.288 e. The Morgan fingerprint density at radius 1 is 0.935 bits per heavy atom. The van der Waals surface area contributed by atoms with Gasteiger partial charge in [0.2, 0.25) is 0 Å². The van der Waals surface area contributed by atoms with Crippen molar-refractivity contribution in [3.63, 3.8) is 0 Å². The summed E-state index contributed by atoms with van der Waals surface area (Å²) in [7, 11) is -3.74. The number of hydrogen-bond acceptors (Lipinski definition) is 6. The fourth-order valence-electron chi connectivity index (χ4n) is 3.58. The SMILES string of the molecule is CCCCc1cccc(-c2cccc3c2N(OS(=O)(=O)CCC)c2ccccc2S3)n1. The fourth-order valence-corrected chi connectivity index (χ4v) is 5.61. The first-order chi connectivity index (χ1) is 15.0. The monoisotopic (exact) mass is 454 g/mol. The summed E-state index contributed by atoms with van der Waals surface area (Å²) in [6.07, 6.45) is 3.60. The maximum Gasteiger partial charge on any atom is 0.288 e. The van der Waals surface area contributed by atoms with Crippen LogP contribution >= 0.6 is 11.8 Å². The Balaban J connectivity index is 1.84. The van der Waals surface area contributed by atoms with Gasteiger partial charge in [0.1, 0.15) is 0 Å². The summed E-state index contributed by atoms with van der Waals surface area (Å²) >= 11 is 1.61. The van der Waals surface area contributed by atoms with E-state index in [2.05, 4.69) is 6.92 Å². The predicted molar refractivity (Wildman–Crippen MR) is 126 cm³/mol. The first-order valence-corrected chi connectivity index (χ1v) is 13.0. The average molecular weight is 455 g/mol. The Labute approximate surface area is 188 Å². The minimum absolute atomic E-state index is 0.0406. The summed E-state index contributed by atoms with van der Waals surface area (Å²) in [4.78, 5) is 6.75. The molecule has 0 amide bonds. The van der Waals surface area contributed by atoms with Crippen LogP contribution in [0.1, 0.15) is 38.8 Å². The van der Waals surface area contributed by atoms with Crippen LogP contribution in [0.4, 0.5) is 11.4 Å². The third kappa shape index (κ3) is 4.79. The summed E-state index contributed by atoms with van der Waals surface area (Å²) < 4.78 is 31.0. The van der Waals surface area contributed by atoms with E-state index in [0.717, 1.165) is 46.0 Å². The van der Waals surface area contributed by atoms with E-state index < -0.39 is 10.1 Å². The Kier molecular flexibility index (Phi) is 6.65. The number of hydrogen-bond donors (Lipinski definition) is 0. The van der Waals surface area contributed by atoms with E-state index in [1.807, 2.05) is 67.6 Å². The molecular weight excluding hydrogens is 428 g/mol. The number of nitrogens with zero attached hydrogens (tertiary/aromatic N) is 2. The highest BCUT2D eigenvalue weighted by Crippen LogP contribution is 2.51. The van der Waals surface area contributed by atoms with E-state index in [1.54, 1.807) is 11.8 Å². The standard InChI is InChI=1S/C24H26N2O3S2/c1-3-5-10-18-11-8-13-20(25-18)19-12-9-16-23-24(19)26(29-31(27,28)17-4-2)21-14-6-7-15-22(21)30-23/h6-9,11-16H,3-5,10,17H2,1-2H3. The van der Waals surface area contributed by atoms with Gasteiger partial charge in [-0.2, -0.15) is 8.42 Å². The van der Waals surface area contributed by atoms with E-state index >= 15 is 0 Å². The minimum atomic E-state index is -3.74. The molecule has 4 rings (SSSR count). The van der Waals surface area contributed by atoms with Crippen molar-refractivity contribution < 1.29 is 12.7 Å². The first-order valence-electron chi connectivity index (χ1n) is 10.6. The molecule has 7 heteroatoms. The lowest BCUT2D eigenvalue weighted by Gasteiger charge is -2.32. The number of unbranched alkanes of at least 4 members (excludes halogenated alkanes) is 1. The lowest BCUT2D eigenvalue weighted by Crippen LogP contribution is -2.27. The second-order valence-corrected chi connectivity index (χ2v) is 10.2. The molecule has 0 fully saturated rings. The molecule has 0 aliphatic carbocycles. The topological polar surface area (TPSA) is 59.5 Å². The molecule has 0 N–H and O–H groups in total. The second-order valence-electron chi connectivity index (χ2n) is 7.47. The Morgan fingerprint density at radius 3 is 2.52 bits per heavy atom. The maximum absolute atomic E-state index is 12.7. The molecule has 0 saturated carbocycles. The second kappa shape index (κ2) is 9.42. The van der Waals surface area contributed by atoms with Gasteiger partial charge in [-0.3, -0.25) is 4.98 Å². The van der Waals surface area contributed by atoms with Gasteiger partial charge in [0.05, 0.1) is 22.8 Å². The molecule has 3 aromatic rings. The van der Waals surface area contributed by atoms with Gasteiger partial charge < -0.3 is 0 Å². The highest BCUT2D eigenvalue weighted by Gasteiger charge is 2.31. The van der Waals surface area contributed by atoms with Crippen LogP contribution in [-0.4, -0.2) is 19.2 Å². The molecule has 0 radical (unpaired) electrons. The molecule has 1 aliphatic heterocycles. The van der Waals surface area contributed by atoms with Crippen LogP contribution in [0.3, 0.4) is 0 Å². The number of aryl methyl sites for hydroxylation is 1. The predicted octanol–water partition coefficient (Wildman–Crippen LogP) is 6.37. The lowest BCUT2D eigenvalue weighted by molar-refractivity contribution is 0.319. The number of fused-ring (bicyclic) bond motifs is 2. The number of aromatic nitrogens is 1. The van der Waals surface area contributed by atoms with Crippen LogP contribution in [-0.2, 0) is 20.8 Å². The molecule has 2 aromatic carbocycles. The lowest BCUT2D eigenvalue weighted by atomic mass is 10.1. The molecule has 2 heterocycles. The molecule has 0 spiro atoms. The van der Waals surface area contributed by atoms with Crippen molar-refractivity contribution in [2.24, 2.45) is 0 Å². The van der Waals surface area contributed by atoms with E-state index in [-0.39, 0.29) is 5.75 Å². The number of benzene rings is 2. The molecule has 0 saturated heterocycles. The molecule has 0 unspecified atom stereocenters. The number of pyridine rings is 1. The fraction of sp³-hybridized carbons (Fsp3) is 0.292. The number of anilines is 2. The van der Waals surface area contributed by atoms with Crippen molar-refractivity contribution in [2.75, 3.05) is 10.8 Å². The van der Waals surface area contributed by atoms with Gasteiger partial charge in [0.15, 0.2) is 0 Å². The quantitative estimate of drug-likeness (QED) is 0.394. The van der Waals surface area contributed by atoms with Crippen molar-refractivity contribution in [2.45, 2.75) is 49.3 Å². The summed E-state index contributed by atoms with van der Waals surface area (Å²) in [5.41, 5.74) is 4.13. The van der Waals surface area contributed by atoms with Gasteiger partial charge in [-0.1, -0.05) is 62.4 Å². The summed E-state index contributed by atoms with van der Waals surface area (Å²) in [5.74, 6) is -0.0406. The Bertz CT molecular complexity index is 1180. The van der Waals surface area contributed by atoms with E-state index in [1.165, 1.54) is 5.06 Å². The minimum Gasteiger partial charge on any atom is -0.253 e. The van der Waals surface area contributed by atoms with E-state index in [9.17, 15) is 8.42 Å². The van der Waals surface area contributed by atoms with Gasteiger partial charge in [0, 0.05) is 21.0 Å². The smallest absolute Gasteiger partial charge is 0.253 e. The van der Waals surface area contributed by atoms with Gasteiger partial charge in [0.25, 0.3) is 10.1 Å². The van der Waals surface area contributed by atoms with Crippen LogP contribution in [0.2, 0.25) is 0 Å². The first kappa shape index (κ1) is 21.9. The van der Waals surface area contributed by atoms with Gasteiger partial charge in [-0.25, -0.2) is 5.06 Å². The molecule has 1 aromatic heterocycles. The van der Waals surface area contributed by atoms with Crippen molar-refractivity contribution >= 4 is 33.3 Å². The van der Waals surface area contributed by atoms with Crippen LogP contribution in [0.25, 0.3) is 11.3 Å². The van der Waals surface area contributed by atoms with Crippen LogP contribution < -0.4 is 5.06 Å². The number of rotatable bonds is 8. The molecular formula is C24H26N2O3S2. The van der Waals surface area contributed by atoms with Crippen molar-refractivity contribution in [3.8, 4) is 11.3 Å². The maximum atomic E-state index is 12.7. The highest BCUT2D eigenvalue weighted by molar-refractivity contribution is 7.99. The Morgan fingerprint density at radius 2 is 1.71 bits per heavy atom. The summed E-state index contributed by atoms with van der Waals surface area (Å²) in [5, 5.41) is 1.47. The van der Waals surface area contributed by atoms with Crippen molar-refractivity contribution in [1.29, 1.82) is 0 Å². The molecule has 162 valence electrons. The zero-order chi connectivity index (χ0) is 21.8. The van der Waals surface area contributed by atoms with Crippen molar-refractivity contribution in [1.82, 2.24) is 4.98 Å². The zero-order valence-corrected chi connectivity index (χ0v) is 19.4. The Hall–Kier alpha value is -2.35. The third-order valence-corrected chi connectivity index (χ3v) is 7.42. The molecule has 0 bridgehead atoms. The van der Waals surface area contributed by atoms with Crippen LogP contribution in [0, 0.1) is 0 Å². The van der Waals surface area contributed by atoms with Crippen LogP contribution in [0.15, 0.2) is 70.5 Å². The third-order valence-electron chi connectivity index (χ3n) is 5.02. The van der Waals surface area contributed by atoms with E-state index in [4.69, 9.17) is 9.27 Å². The summed E-state index contributed by atoms with van der Waals surface area (Å²) in [6, 6.07) is 19.6. The zero-order valence-electron chi connectivity index (χ0n) is 17.7. The highest BCUT2D eigenvalue weighted by atomic mass is 32.2. The number of para-hydroxylation sites is 2.